The van der Waals surface area contributed by atoms with Crippen molar-refractivity contribution >= 4 is 39.9 Å². The highest BCUT2D eigenvalue weighted by Crippen LogP contribution is 2.39. The molecule has 6 rings (SSSR count). The van der Waals surface area contributed by atoms with E-state index < -0.39 is 5.54 Å². The number of hydrogen-bond donors (Lipinski definition) is 1. The molecule has 0 saturated heterocycles. The Kier molecular flexibility index (Phi) is 7.47. The Morgan fingerprint density at radius 1 is 1.00 bits per heavy atom. The van der Waals surface area contributed by atoms with E-state index in [0.29, 0.717) is 29.8 Å². The van der Waals surface area contributed by atoms with Gasteiger partial charge in [-0.05, 0) is 49.2 Å². The maximum Gasteiger partial charge on any atom is 0.250 e. The quantitative estimate of drug-likeness (QED) is 0.251. The Morgan fingerprint density at radius 3 is 2.49 bits per heavy atom. The molecule has 0 spiro atoms. The molecule has 41 heavy (non-hydrogen) atoms. The number of nitrogens with zero attached hydrogens (tertiary/aromatic N) is 5. The predicted molar refractivity (Wildman–Crippen MR) is 158 cm³/mol. The number of benzene rings is 3. The normalized spacial score (nSPS) is 14.2. The van der Waals surface area contributed by atoms with Gasteiger partial charge in [0.2, 0.25) is 11.8 Å². The van der Waals surface area contributed by atoms with Crippen LogP contribution in [0.5, 0.6) is 5.75 Å². The second kappa shape index (κ2) is 11.5. The predicted octanol–water partition coefficient (Wildman–Crippen LogP) is 5.54. The minimum absolute atomic E-state index is 0.0327. The van der Waals surface area contributed by atoms with Gasteiger partial charge in [-0.1, -0.05) is 60.5 Å². The lowest BCUT2D eigenvalue weighted by atomic mass is 9.93. The summed E-state index contributed by atoms with van der Waals surface area (Å²) in [7, 11) is 1.60. The number of carbonyl (C=O) groups excluding carboxylic acids is 2. The van der Waals surface area contributed by atoms with Crippen LogP contribution in [-0.2, 0) is 22.7 Å². The second-order valence-electron chi connectivity index (χ2n) is 10.1. The molecule has 1 saturated carbocycles. The van der Waals surface area contributed by atoms with E-state index in [4.69, 9.17) is 9.72 Å². The van der Waals surface area contributed by atoms with E-state index >= 15 is 0 Å². The lowest BCUT2D eigenvalue weighted by molar-refractivity contribution is -0.147. The maximum absolute atomic E-state index is 14.2. The van der Waals surface area contributed by atoms with Gasteiger partial charge in [-0.15, -0.1) is 16.4 Å². The number of nitrogens with one attached hydrogen (secondary N) is 1. The van der Waals surface area contributed by atoms with Crippen LogP contribution in [0.1, 0.15) is 30.7 Å². The Hall–Kier alpha value is -4.57. The molecule has 1 N–H and O–H groups in total. The zero-order chi connectivity index (χ0) is 28.2. The van der Waals surface area contributed by atoms with Crippen LogP contribution in [0.4, 0.5) is 5.69 Å². The van der Waals surface area contributed by atoms with Gasteiger partial charge in [0, 0.05) is 16.6 Å². The molecule has 0 radical (unpaired) electrons. The van der Waals surface area contributed by atoms with Crippen molar-refractivity contribution in [2.45, 2.75) is 44.3 Å². The van der Waals surface area contributed by atoms with Crippen LogP contribution in [0, 0.1) is 0 Å². The molecule has 0 aliphatic heterocycles. The number of hydrogen-bond acceptors (Lipinski definition) is 7. The summed E-state index contributed by atoms with van der Waals surface area (Å²) in [6.45, 7) is 0.188. The molecule has 1 fully saturated rings. The molecule has 2 amide bonds. The summed E-state index contributed by atoms with van der Waals surface area (Å²) in [5.41, 5.74) is 2.97. The molecule has 9 nitrogen and oxygen atoms in total. The Balaban J connectivity index is 1.34. The number of anilines is 1. The fourth-order valence-corrected chi connectivity index (χ4v) is 6.28. The van der Waals surface area contributed by atoms with Gasteiger partial charge in [-0.2, -0.15) is 0 Å². The summed E-state index contributed by atoms with van der Waals surface area (Å²) < 4.78 is 6.86. The molecule has 2 aromatic heterocycles. The molecule has 0 unspecified atom stereocenters. The summed E-state index contributed by atoms with van der Waals surface area (Å²) in [4.78, 5) is 34.9. The summed E-state index contributed by atoms with van der Waals surface area (Å²) in [5, 5.41) is 14.3. The van der Waals surface area contributed by atoms with E-state index in [0.717, 1.165) is 34.6 Å². The zero-order valence-electron chi connectivity index (χ0n) is 22.7. The van der Waals surface area contributed by atoms with Gasteiger partial charge in [0.15, 0.2) is 0 Å². The topological polar surface area (TPSA) is 102 Å². The molecule has 0 atom stereocenters. The fourth-order valence-electron chi connectivity index (χ4n) is 5.49. The highest BCUT2D eigenvalue weighted by molar-refractivity contribution is 7.09. The Labute approximate surface area is 241 Å². The van der Waals surface area contributed by atoms with Crippen molar-refractivity contribution in [2.75, 3.05) is 12.4 Å². The first kappa shape index (κ1) is 26.6. The Bertz CT molecular complexity index is 1660. The van der Waals surface area contributed by atoms with Crippen molar-refractivity contribution in [3.05, 3.63) is 89.3 Å². The maximum atomic E-state index is 14.2. The molecule has 1 aliphatic carbocycles. The molecule has 208 valence electrons. The number of carbonyl (C=O) groups is 2. The molecule has 10 heteroatoms. The van der Waals surface area contributed by atoms with Crippen LogP contribution >= 0.6 is 11.3 Å². The van der Waals surface area contributed by atoms with Crippen LogP contribution in [0.25, 0.3) is 22.3 Å². The van der Waals surface area contributed by atoms with Crippen LogP contribution in [0.3, 0.4) is 0 Å². The number of thiazole rings is 1. The van der Waals surface area contributed by atoms with Crippen molar-refractivity contribution in [1.82, 2.24) is 24.9 Å². The van der Waals surface area contributed by atoms with E-state index in [9.17, 15) is 9.59 Å². The first-order valence-electron chi connectivity index (χ1n) is 13.6. The van der Waals surface area contributed by atoms with Crippen LogP contribution in [0.15, 0.2) is 84.2 Å². The Morgan fingerprint density at radius 2 is 1.73 bits per heavy atom. The third-order valence-corrected chi connectivity index (χ3v) is 8.47. The van der Waals surface area contributed by atoms with Crippen molar-refractivity contribution in [3.8, 4) is 17.0 Å². The van der Waals surface area contributed by atoms with Gasteiger partial charge in [0.25, 0.3) is 0 Å². The molecular formula is C31H30N6O3S. The van der Waals surface area contributed by atoms with Crippen molar-refractivity contribution in [3.63, 3.8) is 0 Å². The molecular weight excluding hydrogens is 536 g/mol. The van der Waals surface area contributed by atoms with Crippen LogP contribution < -0.4 is 10.1 Å². The van der Waals surface area contributed by atoms with Gasteiger partial charge in [-0.25, -0.2) is 9.67 Å². The fraction of sp³-hybridized carbons (Fsp3) is 0.258. The SMILES string of the molecule is COc1ccc(NC(=O)C2(N(Cc3nc(-c4ccccc4)cs3)C(=O)Cn3nnc4ccccc43)CCCC2)cc1. The summed E-state index contributed by atoms with van der Waals surface area (Å²) in [6.07, 6.45) is 2.82. The molecule has 3 aromatic carbocycles. The number of amides is 2. The van der Waals surface area contributed by atoms with E-state index in [1.54, 1.807) is 41.0 Å². The van der Waals surface area contributed by atoms with E-state index in [1.807, 2.05) is 60.0 Å². The van der Waals surface area contributed by atoms with Gasteiger partial charge in [0.1, 0.15) is 28.4 Å². The summed E-state index contributed by atoms with van der Waals surface area (Å²) in [5.74, 6) is 0.300. The zero-order valence-corrected chi connectivity index (χ0v) is 23.5. The smallest absolute Gasteiger partial charge is 0.250 e. The average molecular weight is 567 g/mol. The molecule has 5 aromatic rings. The van der Waals surface area contributed by atoms with E-state index in [-0.39, 0.29) is 24.9 Å². The number of para-hydroxylation sites is 1. The summed E-state index contributed by atoms with van der Waals surface area (Å²) >= 11 is 1.49. The number of methoxy groups -OCH3 is 1. The molecule has 2 heterocycles. The number of fused-ring (bicyclic) bond motifs is 1. The first-order valence-corrected chi connectivity index (χ1v) is 14.5. The van der Waals surface area contributed by atoms with Gasteiger partial charge in [0.05, 0.1) is 24.9 Å². The lowest BCUT2D eigenvalue weighted by Gasteiger charge is -2.39. The standard InChI is InChI=1S/C31H30N6O3S/c1-40-24-15-13-23(14-16-24)32-30(39)31(17-7-8-18-31)36(19-28-33-26(21-41-28)22-9-3-2-4-10-22)29(38)20-37-27-12-6-5-11-25(27)34-35-37/h2-6,9-16,21H,7-8,17-20H2,1H3,(H,32,39). The van der Waals surface area contributed by atoms with E-state index in [2.05, 4.69) is 15.6 Å². The van der Waals surface area contributed by atoms with Crippen molar-refractivity contribution < 1.29 is 14.3 Å². The molecule has 1 aliphatic rings. The minimum Gasteiger partial charge on any atom is -0.497 e. The van der Waals surface area contributed by atoms with E-state index in [1.165, 1.54) is 11.3 Å². The van der Waals surface area contributed by atoms with Gasteiger partial charge in [-0.3, -0.25) is 9.59 Å². The van der Waals surface area contributed by atoms with Gasteiger partial charge >= 0.3 is 0 Å². The van der Waals surface area contributed by atoms with Crippen molar-refractivity contribution in [2.24, 2.45) is 0 Å². The van der Waals surface area contributed by atoms with Crippen LogP contribution in [0.2, 0.25) is 0 Å². The number of ether oxygens (including phenoxy) is 1. The largest absolute Gasteiger partial charge is 0.497 e. The van der Waals surface area contributed by atoms with Crippen LogP contribution in [-0.4, -0.2) is 49.3 Å². The molecule has 0 bridgehead atoms. The minimum atomic E-state index is -1.02. The monoisotopic (exact) mass is 566 g/mol. The number of rotatable bonds is 9. The summed E-state index contributed by atoms with van der Waals surface area (Å²) in [6, 6.07) is 24.7. The highest BCUT2D eigenvalue weighted by Gasteiger charge is 2.48. The lowest BCUT2D eigenvalue weighted by Crippen LogP contribution is -2.57. The third-order valence-electron chi connectivity index (χ3n) is 7.64. The third kappa shape index (κ3) is 5.43. The first-order chi connectivity index (χ1) is 20.1. The second-order valence-corrected chi connectivity index (χ2v) is 11.1. The number of aromatic nitrogens is 4. The van der Waals surface area contributed by atoms with Gasteiger partial charge < -0.3 is 15.0 Å². The van der Waals surface area contributed by atoms with Crippen molar-refractivity contribution in [1.29, 1.82) is 0 Å². The highest BCUT2D eigenvalue weighted by atomic mass is 32.1. The average Bonchev–Trinajstić information content (AvgIpc) is 3.78.